The van der Waals surface area contributed by atoms with E-state index in [2.05, 4.69) is 4.98 Å². The molecule has 0 saturated carbocycles. The zero-order chi connectivity index (χ0) is 15.0. The molecule has 4 nitrogen and oxygen atoms in total. The normalized spacial score (nSPS) is 15.6. The Morgan fingerprint density at radius 2 is 1.90 bits per heavy atom. The van der Waals surface area contributed by atoms with E-state index < -0.39 is 5.41 Å². The summed E-state index contributed by atoms with van der Waals surface area (Å²) >= 11 is 6.05. The summed E-state index contributed by atoms with van der Waals surface area (Å²) in [6.45, 7) is -0.384. The number of rotatable bonds is 3. The molecule has 0 radical (unpaired) electrons. The second-order valence-corrected chi connectivity index (χ2v) is 5.45. The molecule has 1 aromatic heterocycles. The van der Waals surface area contributed by atoms with Crippen molar-refractivity contribution in [3.63, 3.8) is 0 Å². The number of aliphatic hydroxyl groups is 2. The van der Waals surface area contributed by atoms with Gasteiger partial charge in [0.05, 0.1) is 18.6 Å². The molecule has 0 fully saturated rings. The van der Waals surface area contributed by atoms with Crippen LogP contribution in [0.1, 0.15) is 5.56 Å². The van der Waals surface area contributed by atoms with Gasteiger partial charge in [0, 0.05) is 11.1 Å². The fourth-order valence-corrected chi connectivity index (χ4v) is 2.64. The minimum absolute atomic E-state index is 0.144. The van der Waals surface area contributed by atoms with Gasteiger partial charge in [-0.05, 0) is 30.3 Å². The molecule has 0 bridgehead atoms. The van der Waals surface area contributed by atoms with Crippen LogP contribution in [0.5, 0.6) is 5.75 Å². The van der Waals surface area contributed by atoms with Gasteiger partial charge in [0.25, 0.3) is 0 Å². The molecule has 2 aromatic rings. The highest BCUT2D eigenvalue weighted by Crippen LogP contribution is 2.44. The molecule has 110 valence electrons. The van der Waals surface area contributed by atoms with E-state index in [0.717, 1.165) is 0 Å². The van der Waals surface area contributed by atoms with Gasteiger partial charge in [0.15, 0.2) is 0 Å². The fraction of sp³-hybridized carbons (Fsp3) is 0.267. The summed E-state index contributed by atoms with van der Waals surface area (Å²) < 4.78 is 18.7. The Hall–Kier alpha value is -1.69. The highest BCUT2D eigenvalue weighted by molar-refractivity contribution is 6.29. The van der Waals surface area contributed by atoms with Crippen molar-refractivity contribution in [2.45, 2.75) is 5.41 Å². The molecule has 0 unspecified atom stereocenters. The number of hydrogen-bond acceptors (Lipinski definition) is 4. The summed E-state index contributed by atoms with van der Waals surface area (Å²) in [4.78, 5) is 4.23. The standard InChI is InChI=1S/C15H13ClFNO3/c16-12-5-11-14(21-8-15(11,6-19)7-20)13(18-12)9-1-3-10(17)4-2-9/h1-5,19-20H,6-8H2. The minimum atomic E-state index is -0.892. The number of aromatic nitrogens is 1. The van der Waals surface area contributed by atoms with Gasteiger partial charge >= 0.3 is 0 Å². The molecule has 3 rings (SSSR count). The maximum absolute atomic E-state index is 13.0. The molecule has 0 amide bonds. The zero-order valence-corrected chi connectivity index (χ0v) is 11.8. The van der Waals surface area contributed by atoms with Crippen LogP contribution in [0.15, 0.2) is 30.3 Å². The average molecular weight is 310 g/mol. The van der Waals surface area contributed by atoms with Gasteiger partial charge < -0.3 is 14.9 Å². The maximum Gasteiger partial charge on any atom is 0.149 e. The quantitative estimate of drug-likeness (QED) is 0.853. The Balaban J connectivity index is 2.19. The third kappa shape index (κ3) is 2.27. The Kier molecular flexibility index (Phi) is 3.57. The summed E-state index contributed by atoms with van der Waals surface area (Å²) in [6.07, 6.45) is 0. The van der Waals surface area contributed by atoms with Crippen molar-refractivity contribution in [2.75, 3.05) is 19.8 Å². The summed E-state index contributed by atoms with van der Waals surface area (Å²) in [5.41, 5.74) is 0.853. The van der Waals surface area contributed by atoms with Crippen molar-refractivity contribution >= 4 is 11.6 Å². The summed E-state index contributed by atoms with van der Waals surface area (Å²) in [5, 5.41) is 19.4. The van der Waals surface area contributed by atoms with Gasteiger partial charge in [-0.1, -0.05) is 11.6 Å². The van der Waals surface area contributed by atoms with Gasteiger partial charge in [-0.25, -0.2) is 9.37 Å². The van der Waals surface area contributed by atoms with Crippen LogP contribution in [-0.2, 0) is 5.41 Å². The Labute approximate surface area is 125 Å². The number of ether oxygens (including phenoxy) is 1. The van der Waals surface area contributed by atoms with Crippen molar-refractivity contribution < 1.29 is 19.3 Å². The van der Waals surface area contributed by atoms with Gasteiger partial charge in [-0.15, -0.1) is 0 Å². The van der Waals surface area contributed by atoms with Crippen LogP contribution in [0.25, 0.3) is 11.3 Å². The van der Waals surface area contributed by atoms with Gasteiger partial charge in [0.1, 0.15) is 29.0 Å². The third-order valence-electron chi connectivity index (χ3n) is 3.73. The number of benzene rings is 1. The first-order valence-electron chi connectivity index (χ1n) is 6.41. The first-order chi connectivity index (χ1) is 10.1. The lowest BCUT2D eigenvalue weighted by Gasteiger charge is -2.22. The number of fused-ring (bicyclic) bond motifs is 1. The Morgan fingerprint density at radius 1 is 1.24 bits per heavy atom. The van der Waals surface area contributed by atoms with E-state index in [1.165, 1.54) is 12.1 Å². The molecule has 6 heteroatoms. The van der Waals surface area contributed by atoms with Gasteiger partial charge in [-0.3, -0.25) is 0 Å². The lowest BCUT2D eigenvalue weighted by atomic mass is 9.84. The van der Waals surface area contributed by atoms with E-state index in [-0.39, 0.29) is 30.8 Å². The van der Waals surface area contributed by atoms with Crippen molar-refractivity contribution in [2.24, 2.45) is 0 Å². The monoisotopic (exact) mass is 309 g/mol. The highest BCUT2D eigenvalue weighted by atomic mass is 35.5. The number of pyridine rings is 1. The fourth-order valence-electron chi connectivity index (χ4n) is 2.45. The lowest BCUT2D eigenvalue weighted by molar-refractivity contribution is 0.0958. The SMILES string of the molecule is OCC1(CO)COc2c1cc(Cl)nc2-c1ccc(F)cc1. The van der Waals surface area contributed by atoms with Crippen LogP contribution in [0.2, 0.25) is 5.15 Å². The van der Waals surface area contributed by atoms with Crippen LogP contribution >= 0.6 is 11.6 Å². The maximum atomic E-state index is 13.0. The van der Waals surface area contributed by atoms with E-state index in [4.69, 9.17) is 16.3 Å². The summed E-state index contributed by atoms with van der Waals surface area (Å²) in [5.74, 6) is 0.118. The van der Waals surface area contributed by atoms with Crippen LogP contribution in [0.4, 0.5) is 4.39 Å². The van der Waals surface area contributed by atoms with Crippen molar-refractivity contribution in [3.8, 4) is 17.0 Å². The van der Waals surface area contributed by atoms with Crippen LogP contribution < -0.4 is 4.74 Å². The molecule has 0 saturated heterocycles. The first kappa shape index (κ1) is 14.3. The van der Waals surface area contributed by atoms with Crippen LogP contribution in [-0.4, -0.2) is 35.0 Å². The number of aliphatic hydroxyl groups excluding tert-OH is 2. The molecular weight excluding hydrogens is 297 g/mol. The smallest absolute Gasteiger partial charge is 0.149 e. The second-order valence-electron chi connectivity index (χ2n) is 5.06. The second kappa shape index (κ2) is 5.26. The largest absolute Gasteiger partial charge is 0.490 e. The number of hydrogen-bond donors (Lipinski definition) is 2. The molecule has 1 aliphatic heterocycles. The van der Waals surface area contributed by atoms with Gasteiger partial charge in [-0.2, -0.15) is 0 Å². The Morgan fingerprint density at radius 3 is 2.52 bits per heavy atom. The Bertz CT molecular complexity index is 671. The van der Waals surface area contributed by atoms with Crippen LogP contribution in [0.3, 0.4) is 0 Å². The molecule has 1 aromatic carbocycles. The van der Waals surface area contributed by atoms with E-state index in [1.807, 2.05) is 0 Å². The van der Waals surface area contributed by atoms with Crippen molar-refractivity contribution in [1.29, 1.82) is 0 Å². The minimum Gasteiger partial charge on any atom is -0.490 e. The number of halogens is 2. The van der Waals surface area contributed by atoms with E-state index >= 15 is 0 Å². The average Bonchev–Trinajstić information content (AvgIpc) is 2.86. The molecule has 2 heterocycles. The van der Waals surface area contributed by atoms with Crippen molar-refractivity contribution in [1.82, 2.24) is 4.98 Å². The van der Waals surface area contributed by atoms with Gasteiger partial charge in [0.2, 0.25) is 0 Å². The molecule has 0 spiro atoms. The lowest BCUT2D eigenvalue weighted by Crippen LogP contribution is -2.36. The molecule has 2 N–H and O–H groups in total. The van der Waals surface area contributed by atoms with Crippen LogP contribution in [0, 0.1) is 5.82 Å². The van der Waals surface area contributed by atoms with E-state index in [9.17, 15) is 14.6 Å². The third-order valence-corrected chi connectivity index (χ3v) is 3.92. The first-order valence-corrected chi connectivity index (χ1v) is 6.79. The van der Waals surface area contributed by atoms with Crippen molar-refractivity contribution in [3.05, 3.63) is 46.9 Å². The predicted octanol–water partition coefficient (Wildman–Crippen LogP) is 2.16. The predicted molar refractivity (Wildman–Crippen MR) is 76.0 cm³/mol. The molecule has 0 aliphatic carbocycles. The van der Waals surface area contributed by atoms with E-state index in [1.54, 1.807) is 18.2 Å². The molecule has 21 heavy (non-hydrogen) atoms. The molecular formula is C15H13ClFNO3. The molecule has 0 atom stereocenters. The zero-order valence-electron chi connectivity index (χ0n) is 11.0. The topological polar surface area (TPSA) is 62.6 Å². The highest BCUT2D eigenvalue weighted by Gasteiger charge is 2.42. The molecule has 1 aliphatic rings. The number of nitrogens with zero attached hydrogens (tertiary/aromatic N) is 1. The summed E-state index contributed by atoms with van der Waals surface area (Å²) in [7, 11) is 0. The summed E-state index contributed by atoms with van der Waals surface area (Å²) in [6, 6.07) is 7.39. The van der Waals surface area contributed by atoms with E-state index in [0.29, 0.717) is 22.6 Å².